The van der Waals surface area contributed by atoms with Gasteiger partial charge >= 0.3 is 6.03 Å². The van der Waals surface area contributed by atoms with E-state index in [1.165, 1.54) is 11.1 Å². The number of fused-ring (bicyclic) bond motifs is 1. The summed E-state index contributed by atoms with van der Waals surface area (Å²) < 4.78 is 0. The van der Waals surface area contributed by atoms with Gasteiger partial charge in [-0.2, -0.15) is 0 Å². The van der Waals surface area contributed by atoms with Gasteiger partial charge in [0.15, 0.2) is 5.78 Å². The molecule has 1 N–H and O–H groups in total. The Kier molecular flexibility index (Phi) is 4.71. The van der Waals surface area contributed by atoms with Crippen molar-refractivity contribution >= 4 is 29.3 Å². The molecule has 1 atom stereocenters. The maximum atomic E-state index is 13.2. The Balaban J connectivity index is 1.58. The summed E-state index contributed by atoms with van der Waals surface area (Å²) in [4.78, 5) is 39.5. The summed E-state index contributed by atoms with van der Waals surface area (Å²) in [6.07, 6.45) is 3.48. The van der Waals surface area contributed by atoms with Crippen LogP contribution >= 0.6 is 11.6 Å². The summed E-state index contributed by atoms with van der Waals surface area (Å²) in [6.45, 7) is 1.57. The molecule has 144 valence electrons. The van der Waals surface area contributed by atoms with Crippen LogP contribution in [0.25, 0.3) is 0 Å². The minimum absolute atomic E-state index is 0.235. The van der Waals surface area contributed by atoms with Crippen molar-refractivity contribution in [3.63, 3.8) is 0 Å². The topological polar surface area (TPSA) is 66.5 Å². The van der Waals surface area contributed by atoms with Gasteiger partial charge in [0.05, 0.1) is 6.54 Å². The summed E-state index contributed by atoms with van der Waals surface area (Å²) >= 11 is 5.95. The Hall–Kier alpha value is -2.66. The van der Waals surface area contributed by atoms with Gasteiger partial charge in [0.25, 0.3) is 5.91 Å². The molecule has 0 saturated carbocycles. The minimum Gasteiger partial charge on any atom is -0.319 e. The zero-order valence-corrected chi connectivity index (χ0v) is 16.4. The second kappa shape index (κ2) is 7.06. The number of imide groups is 1. The van der Waals surface area contributed by atoms with E-state index in [1.54, 1.807) is 30.3 Å². The summed E-state index contributed by atoms with van der Waals surface area (Å²) in [5, 5.41) is 3.34. The number of halogens is 1. The van der Waals surface area contributed by atoms with Crippen LogP contribution in [0.15, 0.2) is 42.5 Å². The lowest BCUT2D eigenvalue weighted by Crippen LogP contribution is -2.43. The van der Waals surface area contributed by atoms with Crippen molar-refractivity contribution in [3.05, 3.63) is 69.7 Å². The van der Waals surface area contributed by atoms with Gasteiger partial charge < -0.3 is 5.32 Å². The molecule has 0 unspecified atom stereocenters. The first-order valence-electron chi connectivity index (χ1n) is 9.50. The fourth-order valence-electron chi connectivity index (χ4n) is 4.12. The van der Waals surface area contributed by atoms with Crippen molar-refractivity contribution in [3.8, 4) is 0 Å². The molecule has 0 aromatic heterocycles. The highest BCUT2D eigenvalue weighted by Crippen LogP contribution is 2.33. The predicted molar refractivity (Wildman–Crippen MR) is 106 cm³/mol. The molecule has 1 aliphatic heterocycles. The molecule has 5 nitrogen and oxygen atoms in total. The highest BCUT2D eigenvalue weighted by molar-refractivity contribution is 6.30. The smallest absolute Gasteiger partial charge is 0.319 e. The molecule has 1 fully saturated rings. The number of carbonyl (C=O) groups is 3. The molecule has 0 bridgehead atoms. The van der Waals surface area contributed by atoms with E-state index in [9.17, 15) is 14.4 Å². The molecule has 3 amide bonds. The van der Waals surface area contributed by atoms with E-state index >= 15 is 0 Å². The van der Waals surface area contributed by atoms with Gasteiger partial charge in [-0.25, -0.2) is 4.79 Å². The SMILES string of the molecule is CC[C@@]1(c2ccc(Cl)cc2)NC(=O)N(CC(=O)c2ccc3c(c2)CCC3)C1=O. The molecule has 2 aromatic carbocycles. The van der Waals surface area contributed by atoms with E-state index in [0.717, 1.165) is 24.2 Å². The molecule has 1 aliphatic carbocycles. The lowest BCUT2D eigenvalue weighted by Gasteiger charge is -2.25. The van der Waals surface area contributed by atoms with Gasteiger partial charge in [-0.05, 0) is 60.6 Å². The van der Waals surface area contributed by atoms with Gasteiger partial charge in [0, 0.05) is 10.6 Å². The van der Waals surface area contributed by atoms with Crippen molar-refractivity contribution in [2.24, 2.45) is 0 Å². The molecular weight excluding hydrogens is 376 g/mol. The number of amides is 3. The Bertz CT molecular complexity index is 970. The summed E-state index contributed by atoms with van der Waals surface area (Å²) in [6, 6.07) is 12.0. The highest BCUT2D eigenvalue weighted by Gasteiger charge is 2.51. The number of Topliss-reactive ketones (excluding diaryl/α,β-unsaturated/α-hetero) is 1. The number of hydrogen-bond acceptors (Lipinski definition) is 3. The van der Waals surface area contributed by atoms with Crippen molar-refractivity contribution in [2.45, 2.75) is 38.1 Å². The number of hydrogen-bond donors (Lipinski definition) is 1. The molecule has 1 saturated heterocycles. The van der Waals surface area contributed by atoms with Gasteiger partial charge in [-0.3, -0.25) is 14.5 Å². The van der Waals surface area contributed by atoms with Crippen LogP contribution in [0.1, 0.15) is 46.8 Å². The third-order valence-electron chi connectivity index (χ3n) is 5.77. The van der Waals surface area contributed by atoms with Crippen LogP contribution in [0.3, 0.4) is 0 Å². The first kappa shape index (κ1) is 18.7. The zero-order chi connectivity index (χ0) is 19.9. The Labute approximate surface area is 168 Å². The summed E-state index contributed by atoms with van der Waals surface area (Å²) in [7, 11) is 0. The molecule has 0 spiro atoms. The number of aryl methyl sites for hydroxylation is 2. The molecule has 0 radical (unpaired) electrons. The van der Waals surface area contributed by atoms with Crippen LogP contribution < -0.4 is 5.32 Å². The van der Waals surface area contributed by atoms with Crippen LogP contribution in [-0.2, 0) is 23.2 Å². The fourth-order valence-corrected chi connectivity index (χ4v) is 4.25. The van der Waals surface area contributed by atoms with E-state index in [4.69, 9.17) is 11.6 Å². The number of ketones is 1. The first-order valence-corrected chi connectivity index (χ1v) is 9.87. The van der Waals surface area contributed by atoms with Gasteiger partial charge in [-0.15, -0.1) is 0 Å². The van der Waals surface area contributed by atoms with Gasteiger partial charge in [0.2, 0.25) is 0 Å². The fraction of sp³-hybridized carbons (Fsp3) is 0.318. The van der Waals surface area contributed by atoms with Crippen molar-refractivity contribution < 1.29 is 14.4 Å². The van der Waals surface area contributed by atoms with E-state index in [2.05, 4.69) is 5.32 Å². The molecule has 6 heteroatoms. The zero-order valence-electron chi connectivity index (χ0n) is 15.6. The van der Waals surface area contributed by atoms with Crippen LogP contribution in [0.4, 0.5) is 4.79 Å². The standard InChI is InChI=1S/C22H21ClN2O3/c1-2-22(17-8-10-18(23)11-9-17)20(27)25(21(28)24-22)13-19(26)16-7-6-14-4-3-5-15(14)12-16/h6-12H,2-5,13H2,1H3,(H,24,28)/t22-/m0/s1. The molecule has 28 heavy (non-hydrogen) atoms. The van der Waals surface area contributed by atoms with Crippen molar-refractivity contribution in [1.82, 2.24) is 10.2 Å². The predicted octanol–water partition coefficient (Wildman–Crippen LogP) is 3.87. The first-order chi connectivity index (χ1) is 13.4. The molecule has 1 heterocycles. The molecule has 2 aromatic rings. The Morgan fingerprint density at radius 1 is 1.11 bits per heavy atom. The number of nitrogens with zero attached hydrogens (tertiary/aromatic N) is 1. The van der Waals surface area contributed by atoms with Crippen LogP contribution in [0.5, 0.6) is 0 Å². The van der Waals surface area contributed by atoms with Crippen molar-refractivity contribution in [2.75, 3.05) is 6.54 Å². The second-order valence-electron chi connectivity index (χ2n) is 7.35. The lowest BCUT2D eigenvalue weighted by molar-refractivity contribution is -0.131. The Morgan fingerprint density at radius 2 is 1.82 bits per heavy atom. The van der Waals surface area contributed by atoms with Crippen LogP contribution in [0.2, 0.25) is 5.02 Å². The van der Waals surface area contributed by atoms with Crippen molar-refractivity contribution in [1.29, 1.82) is 0 Å². The number of rotatable bonds is 5. The number of carbonyl (C=O) groups excluding carboxylic acids is 3. The second-order valence-corrected chi connectivity index (χ2v) is 7.78. The van der Waals surface area contributed by atoms with Crippen LogP contribution in [0, 0.1) is 0 Å². The maximum absolute atomic E-state index is 13.2. The largest absolute Gasteiger partial charge is 0.325 e. The number of urea groups is 1. The third kappa shape index (κ3) is 3.00. The molecule has 2 aliphatic rings. The molecule has 4 rings (SSSR count). The monoisotopic (exact) mass is 396 g/mol. The number of nitrogens with one attached hydrogen (secondary N) is 1. The highest BCUT2D eigenvalue weighted by atomic mass is 35.5. The lowest BCUT2D eigenvalue weighted by atomic mass is 9.87. The van der Waals surface area contributed by atoms with Gasteiger partial charge in [-0.1, -0.05) is 42.8 Å². The molecular formula is C22H21ClN2O3. The average Bonchev–Trinajstić information content (AvgIpc) is 3.26. The van der Waals surface area contributed by atoms with E-state index in [0.29, 0.717) is 22.6 Å². The third-order valence-corrected chi connectivity index (χ3v) is 6.02. The van der Waals surface area contributed by atoms with Crippen LogP contribution in [-0.4, -0.2) is 29.2 Å². The number of benzene rings is 2. The summed E-state index contributed by atoms with van der Waals surface area (Å²) in [5.41, 5.74) is 2.50. The quantitative estimate of drug-likeness (QED) is 0.616. The average molecular weight is 397 g/mol. The summed E-state index contributed by atoms with van der Waals surface area (Å²) in [5.74, 6) is -0.641. The maximum Gasteiger partial charge on any atom is 0.325 e. The van der Waals surface area contributed by atoms with E-state index in [-0.39, 0.29) is 12.3 Å². The Morgan fingerprint density at radius 3 is 2.54 bits per heavy atom. The van der Waals surface area contributed by atoms with Gasteiger partial charge in [0.1, 0.15) is 5.54 Å². The van der Waals surface area contributed by atoms with E-state index < -0.39 is 17.5 Å². The minimum atomic E-state index is -1.17. The van der Waals surface area contributed by atoms with E-state index in [1.807, 2.05) is 19.1 Å². The normalized spacial score (nSPS) is 21.0.